The number of alkyl carbamates (subject to hydrolysis) is 2. The van der Waals surface area contributed by atoms with Gasteiger partial charge < -0.3 is 29.7 Å². The molecule has 222 valence electrons. The maximum Gasteiger partial charge on any atom is 0.408 e. The van der Waals surface area contributed by atoms with E-state index in [0.29, 0.717) is 45.2 Å². The van der Waals surface area contributed by atoms with Gasteiger partial charge in [-0.25, -0.2) is 14.4 Å². The minimum Gasteiger partial charge on any atom is -0.459 e. The van der Waals surface area contributed by atoms with Gasteiger partial charge in [0.15, 0.2) is 0 Å². The van der Waals surface area contributed by atoms with Crippen molar-refractivity contribution in [1.29, 1.82) is 0 Å². The number of hydrogen-bond donors (Lipinski definition) is 2. The van der Waals surface area contributed by atoms with Gasteiger partial charge in [0.2, 0.25) is 5.91 Å². The van der Waals surface area contributed by atoms with Crippen LogP contribution in [-0.4, -0.2) is 59.7 Å². The number of amides is 3. The first kappa shape index (κ1) is 31.4. The van der Waals surface area contributed by atoms with Crippen molar-refractivity contribution in [2.75, 3.05) is 13.1 Å². The zero-order valence-electron chi connectivity index (χ0n) is 24.1. The van der Waals surface area contributed by atoms with Gasteiger partial charge in [0, 0.05) is 13.1 Å². The van der Waals surface area contributed by atoms with Crippen LogP contribution in [0.2, 0.25) is 0 Å². The Kier molecular flexibility index (Phi) is 12.0. The highest BCUT2D eigenvalue weighted by molar-refractivity contribution is 5.90. The van der Waals surface area contributed by atoms with Gasteiger partial charge in [-0.05, 0) is 64.0 Å². The third kappa shape index (κ3) is 11.1. The summed E-state index contributed by atoms with van der Waals surface area (Å²) in [6.07, 6.45) is 1.31. The van der Waals surface area contributed by atoms with Gasteiger partial charge in [0.25, 0.3) is 0 Å². The van der Waals surface area contributed by atoms with E-state index in [-0.39, 0.29) is 19.1 Å². The summed E-state index contributed by atoms with van der Waals surface area (Å²) in [6.45, 7) is 6.28. The average Bonchev–Trinajstić information content (AvgIpc) is 3.44. The molecule has 41 heavy (non-hydrogen) atoms. The van der Waals surface area contributed by atoms with Crippen LogP contribution in [0.5, 0.6) is 0 Å². The molecule has 2 aromatic rings. The molecule has 2 aromatic carbocycles. The summed E-state index contributed by atoms with van der Waals surface area (Å²) < 4.78 is 16.1. The number of unbranched alkanes of at least 4 members (excludes halogenated alkanes) is 1. The molecule has 2 N–H and O–H groups in total. The molecule has 1 saturated heterocycles. The molecule has 0 spiro atoms. The molecule has 0 aromatic heterocycles. The molecule has 1 aliphatic rings. The first-order valence-electron chi connectivity index (χ1n) is 14.1. The minimum absolute atomic E-state index is 0.0611. The molecule has 1 heterocycles. The van der Waals surface area contributed by atoms with Crippen molar-refractivity contribution in [2.45, 2.75) is 83.8 Å². The predicted molar refractivity (Wildman–Crippen MR) is 153 cm³/mol. The van der Waals surface area contributed by atoms with E-state index in [9.17, 15) is 19.2 Å². The molecule has 0 radical (unpaired) electrons. The fourth-order valence-corrected chi connectivity index (χ4v) is 4.44. The largest absolute Gasteiger partial charge is 0.459 e. The molecule has 10 heteroatoms. The van der Waals surface area contributed by atoms with Gasteiger partial charge in [0.1, 0.15) is 30.9 Å². The number of ether oxygens (including phenoxy) is 3. The molecular formula is C31H41N3O7. The summed E-state index contributed by atoms with van der Waals surface area (Å²) in [5, 5.41) is 5.39. The first-order chi connectivity index (χ1) is 19.6. The van der Waals surface area contributed by atoms with Crippen molar-refractivity contribution >= 4 is 24.1 Å². The molecule has 0 aliphatic carbocycles. The summed E-state index contributed by atoms with van der Waals surface area (Å²) in [5.74, 6) is -0.826. The fraction of sp³-hybridized carbons (Fsp3) is 0.484. The Morgan fingerprint density at radius 3 is 2.10 bits per heavy atom. The van der Waals surface area contributed by atoms with E-state index in [1.165, 1.54) is 4.90 Å². The van der Waals surface area contributed by atoms with Gasteiger partial charge in [-0.15, -0.1) is 0 Å². The van der Waals surface area contributed by atoms with E-state index in [1.807, 2.05) is 60.7 Å². The van der Waals surface area contributed by atoms with E-state index in [2.05, 4.69) is 10.6 Å². The van der Waals surface area contributed by atoms with E-state index >= 15 is 0 Å². The van der Waals surface area contributed by atoms with Gasteiger partial charge in [-0.3, -0.25) is 4.79 Å². The Morgan fingerprint density at radius 1 is 0.878 bits per heavy atom. The van der Waals surface area contributed by atoms with Crippen LogP contribution < -0.4 is 10.6 Å². The van der Waals surface area contributed by atoms with Crippen molar-refractivity contribution in [3.8, 4) is 0 Å². The third-order valence-electron chi connectivity index (χ3n) is 6.42. The summed E-state index contributed by atoms with van der Waals surface area (Å²) >= 11 is 0. The number of carbonyl (C=O) groups excluding carboxylic acids is 4. The van der Waals surface area contributed by atoms with E-state index < -0.39 is 35.8 Å². The van der Waals surface area contributed by atoms with Crippen LogP contribution >= 0.6 is 0 Å². The van der Waals surface area contributed by atoms with Crippen molar-refractivity contribution in [3.05, 3.63) is 71.8 Å². The monoisotopic (exact) mass is 567 g/mol. The molecule has 0 bridgehead atoms. The maximum atomic E-state index is 13.6. The Bertz CT molecular complexity index is 1140. The highest BCUT2D eigenvalue weighted by Crippen LogP contribution is 2.21. The van der Waals surface area contributed by atoms with E-state index in [0.717, 1.165) is 11.1 Å². The van der Waals surface area contributed by atoms with Crippen LogP contribution in [-0.2, 0) is 37.0 Å². The molecule has 1 fully saturated rings. The Balaban J connectivity index is 1.58. The first-order valence-corrected chi connectivity index (χ1v) is 14.1. The minimum atomic E-state index is -0.901. The molecule has 3 amide bonds. The fourth-order valence-electron chi connectivity index (χ4n) is 4.44. The number of likely N-dealkylation sites (tertiary alicyclic amines) is 1. The zero-order valence-corrected chi connectivity index (χ0v) is 24.1. The number of benzene rings is 2. The Hall–Kier alpha value is -4.08. The molecule has 0 saturated carbocycles. The smallest absolute Gasteiger partial charge is 0.408 e. The van der Waals surface area contributed by atoms with Crippen molar-refractivity contribution < 1.29 is 33.4 Å². The third-order valence-corrected chi connectivity index (χ3v) is 6.42. The molecule has 3 rings (SSSR count). The molecule has 2 atom stereocenters. The molecule has 0 unspecified atom stereocenters. The Morgan fingerprint density at radius 2 is 1.49 bits per heavy atom. The number of nitrogens with one attached hydrogen (secondary N) is 2. The quantitative estimate of drug-likeness (QED) is 0.216. The summed E-state index contributed by atoms with van der Waals surface area (Å²) in [7, 11) is 0. The van der Waals surface area contributed by atoms with Crippen molar-refractivity contribution in [1.82, 2.24) is 15.5 Å². The lowest BCUT2D eigenvalue weighted by Gasteiger charge is -2.28. The number of esters is 1. The molecular weight excluding hydrogens is 526 g/mol. The summed E-state index contributed by atoms with van der Waals surface area (Å²) in [6, 6.07) is 17.0. The number of rotatable bonds is 12. The predicted octanol–water partition coefficient (Wildman–Crippen LogP) is 4.71. The Labute approximate surface area is 241 Å². The number of hydrogen-bond acceptors (Lipinski definition) is 7. The zero-order chi connectivity index (χ0) is 29.7. The standard InChI is InChI=1S/C31H41N3O7/c1-31(2,3)41-29(37)32-19-11-10-17-25(33-30(38)40-22-24-15-8-5-9-16-24)27(35)34-20-12-18-26(34)28(36)39-21-23-13-6-4-7-14-23/h4-9,13-16,25-26H,10-12,17-22H2,1-3H3,(H,32,37)(H,33,38)/t25-,26-/m0/s1. The lowest BCUT2D eigenvalue weighted by atomic mass is 10.1. The molecule has 1 aliphatic heterocycles. The van der Waals surface area contributed by atoms with Crippen LogP contribution in [0.15, 0.2) is 60.7 Å². The molecule has 10 nitrogen and oxygen atoms in total. The number of nitrogens with zero attached hydrogens (tertiary/aromatic N) is 1. The van der Waals surface area contributed by atoms with Crippen LogP contribution in [0.1, 0.15) is 64.0 Å². The average molecular weight is 568 g/mol. The van der Waals surface area contributed by atoms with Crippen molar-refractivity contribution in [3.63, 3.8) is 0 Å². The second-order valence-electron chi connectivity index (χ2n) is 11.0. The van der Waals surface area contributed by atoms with Crippen LogP contribution in [0.25, 0.3) is 0 Å². The van der Waals surface area contributed by atoms with Crippen LogP contribution in [0.4, 0.5) is 9.59 Å². The topological polar surface area (TPSA) is 123 Å². The second kappa shape index (κ2) is 15.6. The lowest BCUT2D eigenvalue weighted by molar-refractivity contribution is -0.155. The van der Waals surface area contributed by atoms with E-state index in [1.54, 1.807) is 20.8 Å². The normalized spacial score (nSPS) is 15.5. The van der Waals surface area contributed by atoms with Gasteiger partial charge >= 0.3 is 18.2 Å². The highest BCUT2D eigenvalue weighted by atomic mass is 16.6. The van der Waals surface area contributed by atoms with Gasteiger partial charge in [-0.2, -0.15) is 0 Å². The van der Waals surface area contributed by atoms with Gasteiger partial charge in [-0.1, -0.05) is 60.7 Å². The van der Waals surface area contributed by atoms with Crippen LogP contribution in [0, 0.1) is 0 Å². The maximum absolute atomic E-state index is 13.6. The second-order valence-corrected chi connectivity index (χ2v) is 11.0. The van der Waals surface area contributed by atoms with Crippen LogP contribution in [0.3, 0.4) is 0 Å². The SMILES string of the molecule is CC(C)(C)OC(=O)NCCCC[C@H](NC(=O)OCc1ccccc1)C(=O)N1CCC[C@H]1C(=O)OCc1ccccc1. The summed E-state index contributed by atoms with van der Waals surface area (Å²) in [5.41, 5.74) is 1.08. The summed E-state index contributed by atoms with van der Waals surface area (Å²) in [4.78, 5) is 52.6. The number of carbonyl (C=O) groups is 4. The highest BCUT2D eigenvalue weighted by Gasteiger charge is 2.38. The lowest BCUT2D eigenvalue weighted by Crippen LogP contribution is -2.52. The van der Waals surface area contributed by atoms with Crippen molar-refractivity contribution in [2.24, 2.45) is 0 Å². The van der Waals surface area contributed by atoms with Gasteiger partial charge in [0.05, 0.1) is 0 Å². The van der Waals surface area contributed by atoms with E-state index in [4.69, 9.17) is 14.2 Å².